The normalized spacial score (nSPS) is 16.3. The van der Waals surface area contributed by atoms with Crippen LogP contribution in [0.15, 0.2) is 29.2 Å². The number of rotatable bonds is 6. The number of ether oxygens (including phenoxy) is 1. The molecule has 1 aromatic rings. The summed E-state index contributed by atoms with van der Waals surface area (Å²) in [5.74, 6) is 2.80. The summed E-state index contributed by atoms with van der Waals surface area (Å²) in [5, 5.41) is 2.60. The summed E-state index contributed by atoms with van der Waals surface area (Å²) in [6.45, 7) is 2.11. The lowest BCUT2D eigenvalue weighted by Crippen LogP contribution is -2.51. The highest BCUT2D eigenvalue weighted by Crippen LogP contribution is 2.20. The molecule has 1 aliphatic rings. The molecule has 0 atom stereocenters. The van der Waals surface area contributed by atoms with Gasteiger partial charge in [-0.2, -0.15) is 4.31 Å². The zero-order chi connectivity index (χ0) is 17.6. The van der Waals surface area contributed by atoms with Gasteiger partial charge in [-0.3, -0.25) is 9.69 Å². The molecule has 7 nitrogen and oxygen atoms in total. The summed E-state index contributed by atoms with van der Waals surface area (Å²) in [6, 6.07) is 6.32. The van der Waals surface area contributed by atoms with Crippen LogP contribution in [0, 0.1) is 12.3 Å². The zero-order valence-corrected chi connectivity index (χ0v) is 14.4. The highest BCUT2D eigenvalue weighted by atomic mass is 32.2. The molecule has 1 fully saturated rings. The Bertz CT molecular complexity index is 702. The first-order chi connectivity index (χ1) is 11.5. The second-order valence-corrected chi connectivity index (χ2v) is 7.27. The van der Waals surface area contributed by atoms with E-state index in [0.29, 0.717) is 31.9 Å². The minimum atomic E-state index is -3.53. The molecule has 1 aromatic carbocycles. The lowest BCUT2D eigenvalue weighted by Gasteiger charge is -2.33. The van der Waals surface area contributed by atoms with E-state index in [9.17, 15) is 13.2 Å². The molecule has 1 amide bonds. The second-order valence-electron chi connectivity index (χ2n) is 5.34. The molecule has 1 aliphatic heterocycles. The molecule has 0 unspecified atom stereocenters. The maximum atomic E-state index is 12.6. The van der Waals surface area contributed by atoms with Gasteiger partial charge in [0.25, 0.3) is 0 Å². The fourth-order valence-corrected chi connectivity index (χ4v) is 3.86. The summed E-state index contributed by atoms with van der Waals surface area (Å²) in [4.78, 5) is 13.8. The monoisotopic (exact) mass is 351 g/mol. The van der Waals surface area contributed by atoms with E-state index in [2.05, 4.69) is 11.2 Å². The number of terminal acetylenes is 1. The number of piperazine rings is 1. The Labute approximate surface area is 142 Å². The smallest absolute Gasteiger partial charge is 0.243 e. The Morgan fingerprint density at radius 3 is 2.42 bits per heavy atom. The number of amides is 1. The standard InChI is InChI=1S/C16H21N3O4S/c1-3-8-17-16(20)13-18-9-11-19(12-10-18)24(21,22)15-6-4-14(23-2)5-7-15/h1,4-7H,8-13H2,2H3,(H,17,20). The molecule has 1 heterocycles. The van der Waals surface area contributed by atoms with Crippen LogP contribution in [0.2, 0.25) is 0 Å². The lowest BCUT2D eigenvalue weighted by molar-refractivity contribution is -0.122. The van der Waals surface area contributed by atoms with Crippen molar-refractivity contribution in [2.24, 2.45) is 0 Å². The predicted octanol–water partition coefficient (Wildman–Crippen LogP) is -0.249. The molecular formula is C16H21N3O4S. The van der Waals surface area contributed by atoms with E-state index in [1.807, 2.05) is 4.90 Å². The number of carbonyl (C=O) groups is 1. The number of hydrogen-bond donors (Lipinski definition) is 1. The number of nitrogens with one attached hydrogen (secondary N) is 1. The summed E-state index contributed by atoms with van der Waals surface area (Å²) >= 11 is 0. The van der Waals surface area contributed by atoms with Crippen LogP contribution in [0.1, 0.15) is 0 Å². The van der Waals surface area contributed by atoms with E-state index >= 15 is 0 Å². The van der Waals surface area contributed by atoms with Crippen molar-refractivity contribution in [2.75, 3.05) is 46.4 Å². The Balaban J connectivity index is 1.93. The Morgan fingerprint density at radius 2 is 1.88 bits per heavy atom. The van der Waals surface area contributed by atoms with Gasteiger partial charge in [-0.15, -0.1) is 6.42 Å². The third-order valence-corrected chi connectivity index (χ3v) is 5.70. The third-order valence-electron chi connectivity index (χ3n) is 3.78. The third kappa shape index (κ3) is 4.47. The molecule has 0 saturated carbocycles. The van der Waals surface area contributed by atoms with Crippen molar-refractivity contribution < 1.29 is 17.9 Å². The number of nitrogens with zero attached hydrogens (tertiary/aromatic N) is 2. The first kappa shape index (κ1) is 18.3. The van der Waals surface area contributed by atoms with Crippen LogP contribution in [0.4, 0.5) is 0 Å². The van der Waals surface area contributed by atoms with Crippen LogP contribution in [0.3, 0.4) is 0 Å². The molecule has 0 aromatic heterocycles. The average molecular weight is 351 g/mol. The molecule has 130 valence electrons. The van der Waals surface area contributed by atoms with Crippen LogP contribution >= 0.6 is 0 Å². The first-order valence-corrected chi connectivity index (χ1v) is 8.98. The van der Waals surface area contributed by atoms with Gasteiger partial charge >= 0.3 is 0 Å². The largest absolute Gasteiger partial charge is 0.497 e. The molecule has 0 radical (unpaired) electrons. The van der Waals surface area contributed by atoms with Crippen molar-refractivity contribution in [3.8, 4) is 18.1 Å². The molecular weight excluding hydrogens is 330 g/mol. The zero-order valence-electron chi connectivity index (χ0n) is 13.6. The number of benzene rings is 1. The van der Waals surface area contributed by atoms with E-state index in [4.69, 9.17) is 11.2 Å². The summed E-state index contributed by atoms with van der Waals surface area (Å²) in [7, 11) is -2.00. The van der Waals surface area contributed by atoms with E-state index in [1.54, 1.807) is 12.1 Å². The van der Waals surface area contributed by atoms with Crippen molar-refractivity contribution in [3.63, 3.8) is 0 Å². The Hall–Kier alpha value is -2.08. The minimum Gasteiger partial charge on any atom is -0.497 e. The number of methoxy groups -OCH3 is 1. The van der Waals surface area contributed by atoms with Crippen LogP contribution in [0.25, 0.3) is 0 Å². The molecule has 8 heteroatoms. The first-order valence-electron chi connectivity index (χ1n) is 7.54. The van der Waals surface area contributed by atoms with Gasteiger partial charge in [-0.1, -0.05) is 5.92 Å². The molecule has 0 spiro atoms. The van der Waals surface area contributed by atoms with Crippen molar-refractivity contribution in [1.29, 1.82) is 0 Å². The highest BCUT2D eigenvalue weighted by Gasteiger charge is 2.28. The van der Waals surface area contributed by atoms with Crippen molar-refractivity contribution in [3.05, 3.63) is 24.3 Å². The van der Waals surface area contributed by atoms with E-state index < -0.39 is 10.0 Å². The SMILES string of the molecule is C#CCNC(=O)CN1CCN(S(=O)(=O)c2ccc(OC)cc2)CC1. The second kappa shape index (κ2) is 8.15. The highest BCUT2D eigenvalue weighted by molar-refractivity contribution is 7.89. The van der Waals surface area contributed by atoms with Gasteiger partial charge in [0.2, 0.25) is 15.9 Å². The van der Waals surface area contributed by atoms with Crippen molar-refractivity contribution in [2.45, 2.75) is 4.90 Å². The quantitative estimate of drug-likeness (QED) is 0.715. The van der Waals surface area contributed by atoms with E-state index in [1.165, 1.54) is 23.5 Å². The van der Waals surface area contributed by atoms with Gasteiger partial charge in [-0.25, -0.2) is 8.42 Å². The fourth-order valence-electron chi connectivity index (χ4n) is 2.43. The maximum Gasteiger partial charge on any atom is 0.243 e. The number of hydrogen-bond acceptors (Lipinski definition) is 5. The molecule has 1 N–H and O–H groups in total. The maximum absolute atomic E-state index is 12.6. The molecule has 1 saturated heterocycles. The fraction of sp³-hybridized carbons (Fsp3) is 0.438. The minimum absolute atomic E-state index is 0.153. The van der Waals surface area contributed by atoms with Gasteiger partial charge in [-0.05, 0) is 24.3 Å². The summed E-state index contributed by atoms with van der Waals surface area (Å²) in [6.07, 6.45) is 5.09. The van der Waals surface area contributed by atoms with Crippen LogP contribution in [-0.2, 0) is 14.8 Å². The number of sulfonamides is 1. The summed E-state index contributed by atoms with van der Waals surface area (Å²) in [5.41, 5.74) is 0. The van der Waals surface area contributed by atoms with E-state index in [0.717, 1.165) is 0 Å². The van der Waals surface area contributed by atoms with Crippen LogP contribution in [-0.4, -0.2) is 69.9 Å². The van der Waals surface area contributed by atoms with Gasteiger partial charge in [0.05, 0.1) is 25.1 Å². The van der Waals surface area contributed by atoms with Crippen molar-refractivity contribution in [1.82, 2.24) is 14.5 Å². The molecule has 0 aliphatic carbocycles. The topological polar surface area (TPSA) is 79.0 Å². The van der Waals surface area contributed by atoms with Gasteiger partial charge in [0, 0.05) is 26.2 Å². The van der Waals surface area contributed by atoms with Crippen molar-refractivity contribution >= 4 is 15.9 Å². The van der Waals surface area contributed by atoms with E-state index in [-0.39, 0.29) is 23.9 Å². The Morgan fingerprint density at radius 1 is 1.25 bits per heavy atom. The molecule has 2 rings (SSSR count). The molecule has 24 heavy (non-hydrogen) atoms. The van der Waals surface area contributed by atoms with Gasteiger partial charge < -0.3 is 10.1 Å². The Kier molecular flexibility index (Phi) is 6.20. The predicted molar refractivity (Wildman–Crippen MR) is 90.0 cm³/mol. The summed E-state index contributed by atoms with van der Waals surface area (Å²) < 4.78 is 31.7. The lowest BCUT2D eigenvalue weighted by atomic mass is 10.3. The van der Waals surface area contributed by atoms with Crippen LogP contribution < -0.4 is 10.1 Å². The average Bonchev–Trinajstić information content (AvgIpc) is 2.60. The van der Waals surface area contributed by atoms with Gasteiger partial charge in [0.1, 0.15) is 5.75 Å². The molecule has 0 bridgehead atoms. The number of carbonyl (C=O) groups excluding carboxylic acids is 1. The van der Waals surface area contributed by atoms with Crippen LogP contribution in [0.5, 0.6) is 5.75 Å². The van der Waals surface area contributed by atoms with Gasteiger partial charge in [0.15, 0.2) is 0 Å².